The molecule has 2 heterocycles. The molecule has 2 aromatic carbocycles. The fourth-order valence-corrected chi connectivity index (χ4v) is 3.89. The quantitative estimate of drug-likeness (QED) is 0.620. The van der Waals surface area contributed by atoms with Crippen LogP contribution in [0.25, 0.3) is 0 Å². The summed E-state index contributed by atoms with van der Waals surface area (Å²) in [6, 6.07) is 13.6. The highest BCUT2D eigenvalue weighted by atomic mass is 32.2. The molecule has 150 valence electrons. The van der Waals surface area contributed by atoms with E-state index in [1.165, 1.54) is 0 Å². The van der Waals surface area contributed by atoms with Gasteiger partial charge in [0.05, 0.1) is 5.75 Å². The predicted octanol–water partition coefficient (Wildman–Crippen LogP) is 1.74. The lowest BCUT2D eigenvalue weighted by Crippen LogP contribution is -2.25. The Morgan fingerprint density at radius 1 is 1.03 bits per heavy atom. The first-order chi connectivity index (χ1) is 14.0. The molecule has 0 aliphatic carbocycles. The molecular formula is C19H17N3O6S. The number of hydrogen-bond acceptors (Lipinski definition) is 8. The molecule has 1 N–H and O–H groups in total. The number of nitrogens with zero attached hydrogens (tertiary/aromatic N) is 2. The summed E-state index contributed by atoms with van der Waals surface area (Å²) in [5.41, 5.74) is 1.05. The topological polar surface area (TPSA) is 121 Å². The van der Waals surface area contributed by atoms with Gasteiger partial charge in [0.15, 0.2) is 11.5 Å². The van der Waals surface area contributed by atoms with Crippen molar-refractivity contribution < 1.29 is 27.1 Å². The summed E-state index contributed by atoms with van der Waals surface area (Å²) in [7, 11) is -3.74. The molecule has 3 aromatic rings. The van der Waals surface area contributed by atoms with Gasteiger partial charge in [-0.15, -0.1) is 5.10 Å². The van der Waals surface area contributed by atoms with Gasteiger partial charge < -0.3 is 19.2 Å². The second-order valence-electron chi connectivity index (χ2n) is 6.28. The Bertz CT molecular complexity index is 1130. The summed E-state index contributed by atoms with van der Waals surface area (Å²) in [5, 5.41) is 9.67. The first-order valence-corrected chi connectivity index (χ1v) is 10.4. The first kappa shape index (κ1) is 18.9. The Balaban J connectivity index is 1.33. The highest BCUT2D eigenvalue weighted by molar-refractivity contribution is 7.90. The number of carbonyl (C=O) groups excluding carboxylic acids is 1. The van der Waals surface area contributed by atoms with Crippen molar-refractivity contribution in [1.82, 2.24) is 15.5 Å². The molecular weight excluding hydrogens is 398 g/mol. The molecule has 1 amide bonds. The molecule has 4 rings (SSSR count). The summed E-state index contributed by atoms with van der Waals surface area (Å²) in [4.78, 5) is 12.2. The highest BCUT2D eigenvalue weighted by Gasteiger charge is 2.23. The molecule has 0 unspecified atom stereocenters. The third-order valence-corrected chi connectivity index (χ3v) is 5.58. The summed E-state index contributed by atoms with van der Waals surface area (Å²) in [5.74, 6) is 0.706. The van der Waals surface area contributed by atoms with Crippen molar-refractivity contribution in [2.75, 3.05) is 13.3 Å². The number of nitrogens with one attached hydrogen (secondary N) is 1. The molecule has 0 radical (unpaired) electrons. The van der Waals surface area contributed by atoms with Crippen molar-refractivity contribution in [1.29, 1.82) is 0 Å². The van der Waals surface area contributed by atoms with Crippen LogP contribution in [0, 0.1) is 0 Å². The van der Waals surface area contributed by atoms with Crippen molar-refractivity contribution in [3.05, 3.63) is 65.5 Å². The van der Waals surface area contributed by atoms with Crippen LogP contribution in [0.3, 0.4) is 0 Å². The summed E-state index contributed by atoms with van der Waals surface area (Å²) >= 11 is 0. The van der Waals surface area contributed by atoms with Crippen LogP contribution in [0.5, 0.6) is 11.5 Å². The maximum atomic E-state index is 12.4. The van der Waals surface area contributed by atoms with Crippen LogP contribution >= 0.6 is 0 Å². The van der Waals surface area contributed by atoms with E-state index in [2.05, 4.69) is 15.5 Å². The van der Waals surface area contributed by atoms with E-state index in [1.54, 1.807) is 48.5 Å². The second-order valence-corrected chi connectivity index (χ2v) is 8.15. The third-order valence-electron chi connectivity index (χ3n) is 4.17. The Hall–Kier alpha value is -3.40. The van der Waals surface area contributed by atoms with Gasteiger partial charge in [-0.1, -0.05) is 35.4 Å². The van der Waals surface area contributed by atoms with E-state index in [4.69, 9.17) is 13.9 Å². The van der Waals surface area contributed by atoms with Gasteiger partial charge in [0.1, 0.15) is 0 Å². The minimum Gasteiger partial charge on any atom is -0.454 e. The SMILES string of the molecule is O=C(NCCc1nnc(S(=O)(=O)Cc2ccccc2)o1)c1ccc2c(c1)OCO2. The molecule has 1 aromatic heterocycles. The number of sulfone groups is 1. The van der Waals surface area contributed by atoms with Crippen LogP contribution in [0.1, 0.15) is 21.8 Å². The Morgan fingerprint density at radius 3 is 2.66 bits per heavy atom. The monoisotopic (exact) mass is 415 g/mol. The Kier molecular flexibility index (Phi) is 5.17. The number of aromatic nitrogens is 2. The standard InChI is InChI=1S/C19H17N3O6S/c23-18(14-6-7-15-16(10-14)27-12-26-15)20-9-8-17-21-22-19(28-17)29(24,25)11-13-4-2-1-3-5-13/h1-7,10H,8-9,11-12H2,(H,20,23). The third kappa shape index (κ3) is 4.37. The molecule has 0 fully saturated rings. The molecule has 0 saturated carbocycles. The van der Waals surface area contributed by atoms with E-state index < -0.39 is 15.1 Å². The highest BCUT2D eigenvalue weighted by Crippen LogP contribution is 2.32. The van der Waals surface area contributed by atoms with Crippen LogP contribution in [0.4, 0.5) is 0 Å². The predicted molar refractivity (Wildman–Crippen MR) is 100 cm³/mol. The van der Waals surface area contributed by atoms with Gasteiger partial charge in [0.2, 0.25) is 22.5 Å². The lowest BCUT2D eigenvalue weighted by atomic mass is 10.2. The zero-order valence-electron chi connectivity index (χ0n) is 15.2. The lowest BCUT2D eigenvalue weighted by Gasteiger charge is -2.04. The lowest BCUT2D eigenvalue weighted by molar-refractivity contribution is 0.0953. The number of amides is 1. The fourth-order valence-electron chi connectivity index (χ4n) is 2.74. The first-order valence-electron chi connectivity index (χ1n) is 8.78. The number of fused-ring (bicyclic) bond motifs is 1. The van der Waals surface area contributed by atoms with Crippen molar-refractivity contribution >= 4 is 15.7 Å². The molecule has 0 atom stereocenters. The Labute approximate surface area is 166 Å². The molecule has 29 heavy (non-hydrogen) atoms. The van der Waals surface area contributed by atoms with Crippen molar-refractivity contribution in [3.63, 3.8) is 0 Å². The molecule has 10 heteroatoms. The summed E-state index contributed by atoms with van der Waals surface area (Å²) < 4.78 is 40.5. The van der Waals surface area contributed by atoms with Gasteiger partial charge >= 0.3 is 5.22 Å². The van der Waals surface area contributed by atoms with Crippen molar-refractivity contribution in [2.45, 2.75) is 17.4 Å². The molecule has 0 bridgehead atoms. The minimum atomic E-state index is -3.74. The minimum absolute atomic E-state index is 0.127. The van der Waals surface area contributed by atoms with Crippen LogP contribution in [0.15, 0.2) is 58.2 Å². The molecule has 1 aliphatic heterocycles. The fraction of sp³-hybridized carbons (Fsp3) is 0.211. The largest absolute Gasteiger partial charge is 0.454 e. The average Bonchev–Trinajstić information content (AvgIpc) is 3.37. The molecule has 0 spiro atoms. The van der Waals surface area contributed by atoms with E-state index in [9.17, 15) is 13.2 Å². The zero-order valence-corrected chi connectivity index (χ0v) is 16.0. The van der Waals surface area contributed by atoms with E-state index in [-0.39, 0.29) is 37.3 Å². The van der Waals surface area contributed by atoms with E-state index >= 15 is 0 Å². The van der Waals surface area contributed by atoms with E-state index in [0.29, 0.717) is 22.6 Å². The normalized spacial score (nSPS) is 12.7. The zero-order chi connectivity index (χ0) is 20.3. The number of carbonyl (C=O) groups is 1. The maximum absolute atomic E-state index is 12.4. The van der Waals surface area contributed by atoms with Crippen molar-refractivity contribution in [2.24, 2.45) is 0 Å². The van der Waals surface area contributed by atoms with Gasteiger partial charge in [-0.3, -0.25) is 4.79 Å². The average molecular weight is 415 g/mol. The number of ether oxygens (including phenoxy) is 2. The molecule has 1 aliphatic rings. The van der Waals surface area contributed by atoms with Gasteiger partial charge in [-0.25, -0.2) is 8.42 Å². The summed E-state index contributed by atoms with van der Waals surface area (Å²) in [6.07, 6.45) is 0.199. The summed E-state index contributed by atoms with van der Waals surface area (Å²) in [6.45, 7) is 0.334. The molecule has 0 saturated heterocycles. The van der Waals surface area contributed by atoms with Gasteiger partial charge in [-0.05, 0) is 23.8 Å². The number of rotatable bonds is 7. The van der Waals surface area contributed by atoms with Gasteiger partial charge in [0, 0.05) is 18.5 Å². The molecule has 9 nitrogen and oxygen atoms in total. The van der Waals surface area contributed by atoms with Gasteiger partial charge in [0.25, 0.3) is 5.91 Å². The van der Waals surface area contributed by atoms with Crippen LogP contribution < -0.4 is 14.8 Å². The van der Waals surface area contributed by atoms with Crippen molar-refractivity contribution in [3.8, 4) is 11.5 Å². The van der Waals surface area contributed by atoms with Crippen LogP contribution in [0.2, 0.25) is 0 Å². The maximum Gasteiger partial charge on any atom is 0.335 e. The smallest absolute Gasteiger partial charge is 0.335 e. The van der Waals surface area contributed by atoms with Crippen LogP contribution in [-0.2, 0) is 22.0 Å². The number of benzene rings is 2. The van der Waals surface area contributed by atoms with E-state index in [1.807, 2.05) is 0 Å². The second kappa shape index (κ2) is 7.92. The van der Waals surface area contributed by atoms with Gasteiger partial charge in [-0.2, -0.15) is 0 Å². The Morgan fingerprint density at radius 2 is 1.83 bits per heavy atom. The van der Waals surface area contributed by atoms with Crippen LogP contribution in [-0.4, -0.2) is 37.9 Å². The number of hydrogen-bond donors (Lipinski definition) is 1. The van der Waals surface area contributed by atoms with E-state index in [0.717, 1.165) is 0 Å².